The van der Waals surface area contributed by atoms with E-state index in [0.29, 0.717) is 12.3 Å². The van der Waals surface area contributed by atoms with Gasteiger partial charge in [0, 0.05) is 6.20 Å². The van der Waals surface area contributed by atoms with E-state index in [0.717, 1.165) is 17.2 Å². The molecule has 0 aliphatic carbocycles. The van der Waals surface area contributed by atoms with Gasteiger partial charge in [0.25, 0.3) is 0 Å². The van der Waals surface area contributed by atoms with Crippen molar-refractivity contribution >= 4 is 0 Å². The highest BCUT2D eigenvalue weighted by Gasteiger charge is 2.10. The van der Waals surface area contributed by atoms with Gasteiger partial charge in [-0.2, -0.15) is 0 Å². The maximum atomic E-state index is 5.65. The molecule has 4 heteroatoms. The average molecular weight is 218 g/mol. The number of furan rings is 1. The summed E-state index contributed by atoms with van der Waals surface area (Å²) in [6.07, 6.45) is 1.72. The van der Waals surface area contributed by atoms with E-state index in [2.05, 4.69) is 10.3 Å². The minimum Gasteiger partial charge on any atom is -0.494 e. The first-order chi connectivity index (χ1) is 7.85. The highest BCUT2D eigenvalue weighted by molar-refractivity contribution is 5.60. The molecule has 0 bridgehead atoms. The predicted octanol–water partition coefficient (Wildman–Crippen LogP) is 2.07. The summed E-state index contributed by atoms with van der Waals surface area (Å²) in [6, 6.07) is 7.53. The zero-order valence-electron chi connectivity index (χ0n) is 9.36. The highest BCUT2D eigenvalue weighted by Crippen LogP contribution is 2.28. The molecule has 2 aromatic rings. The van der Waals surface area contributed by atoms with Crippen molar-refractivity contribution in [3.63, 3.8) is 0 Å². The number of hydrogen-bond acceptors (Lipinski definition) is 4. The van der Waals surface area contributed by atoms with Crippen molar-refractivity contribution in [2.45, 2.75) is 6.54 Å². The second-order valence-corrected chi connectivity index (χ2v) is 3.35. The van der Waals surface area contributed by atoms with Gasteiger partial charge in [0.2, 0.25) is 0 Å². The summed E-state index contributed by atoms with van der Waals surface area (Å²) in [4.78, 5) is 4.25. The third kappa shape index (κ3) is 2.06. The number of rotatable bonds is 4. The van der Waals surface area contributed by atoms with Crippen LogP contribution in [0.5, 0.6) is 5.75 Å². The number of pyridine rings is 1. The van der Waals surface area contributed by atoms with Gasteiger partial charge in [-0.3, -0.25) is 0 Å². The maximum Gasteiger partial charge on any atom is 0.156 e. The molecular formula is C12H14N2O2. The van der Waals surface area contributed by atoms with Crippen LogP contribution < -0.4 is 10.1 Å². The molecule has 0 saturated heterocycles. The molecule has 0 spiro atoms. The van der Waals surface area contributed by atoms with Gasteiger partial charge in [-0.15, -0.1) is 0 Å². The van der Waals surface area contributed by atoms with Crippen LogP contribution in [-0.2, 0) is 6.54 Å². The van der Waals surface area contributed by atoms with E-state index < -0.39 is 0 Å². The lowest BCUT2D eigenvalue weighted by Gasteiger charge is -2.03. The molecule has 0 saturated carbocycles. The number of methoxy groups -OCH3 is 1. The van der Waals surface area contributed by atoms with Gasteiger partial charge in [-0.1, -0.05) is 0 Å². The summed E-state index contributed by atoms with van der Waals surface area (Å²) in [5, 5.41) is 3.03. The third-order valence-corrected chi connectivity index (χ3v) is 2.24. The van der Waals surface area contributed by atoms with Crippen molar-refractivity contribution in [2.24, 2.45) is 0 Å². The maximum absolute atomic E-state index is 5.65. The van der Waals surface area contributed by atoms with Crippen LogP contribution >= 0.6 is 0 Å². The van der Waals surface area contributed by atoms with Crippen LogP contribution in [0.4, 0.5) is 0 Å². The topological polar surface area (TPSA) is 47.3 Å². The van der Waals surface area contributed by atoms with Crippen LogP contribution in [0.25, 0.3) is 11.5 Å². The number of nitrogens with one attached hydrogen (secondary N) is 1. The van der Waals surface area contributed by atoms with E-state index in [4.69, 9.17) is 9.15 Å². The molecule has 0 aromatic carbocycles. The highest BCUT2D eigenvalue weighted by atomic mass is 16.5. The van der Waals surface area contributed by atoms with Crippen molar-refractivity contribution in [1.29, 1.82) is 0 Å². The molecule has 0 aliphatic heterocycles. The van der Waals surface area contributed by atoms with E-state index in [1.165, 1.54) is 0 Å². The molecule has 0 radical (unpaired) electrons. The second-order valence-electron chi connectivity index (χ2n) is 3.35. The quantitative estimate of drug-likeness (QED) is 0.853. The van der Waals surface area contributed by atoms with Crippen molar-refractivity contribution in [1.82, 2.24) is 10.3 Å². The number of hydrogen-bond donors (Lipinski definition) is 1. The lowest BCUT2D eigenvalue weighted by molar-refractivity contribution is 0.411. The lowest BCUT2D eigenvalue weighted by atomic mass is 10.2. The Kier molecular flexibility index (Phi) is 3.22. The first kappa shape index (κ1) is 10.7. The summed E-state index contributed by atoms with van der Waals surface area (Å²) in [6.45, 7) is 0.704. The number of aromatic nitrogens is 1. The molecule has 2 aromatic heterocycles. The molecule has 0 amide bonds. The minimum absolute atomic E-state index is 0.704. The molecule has 16 heavy (non-hydrogen) atoms. The van der Waals surface area contributed by atoms with E-state index in [-0.39, 0.29) is 0 Å². The van der Waals surface area contributed by atoms with E-state index in [1.54, 1.807) is 13.3 Å². The van der Waals surface area contributed by atoms with Gasteiger partial charge in [0.15, 0.2) is 5.76 Å². The van der Waals surface area contributed by atoms with Crippen LogP contribution in [0.15, 0.2) is 34.9 Å². The first-order valence-corrected chi connectivity index (χ1v) is 5.08. The molecule has 84 valence electrons. The Balaban J connectivity index is 2.34. The SMILES string of the molecule is CNCc1ccc(-c2ncccc2OC)o1. The molecule has 2 rings (SSSR count). The molecule has 2 heterocycles. The summed E-state index contributed by atoms with van der Waals surface area (Å²) >= 11 is 0. The monoisotopic (exact) mass is 218 g/mol. The Morgan fingerprint density at radius 1 is 1.38 bits per heavy atom. The van der Waals surface area contributed by atoms with Crippen LogP contribution in [0.1, 0.15) is 5.76 Å². The normalized spacial score (nSPS) is 10.4. The lowest BCUT2D eigenvalue weighted by Crippen LogP contribution is -2.03. The van der Waals surface area contributed by atoms with Gasteiger partial charge >= 0.3 is 0 Å². The Bertz CT molecular complexity index is 466. The zero-order valence-corrected chi connectivity index (χ0v) is 9.36. The predicted molar refractivity (Wildman–Crippen MR) is 61.3 cm³/mol. The average Bonchev–Trinajstić information content (AvgIpc) is 2.78. The standard InChI is InChI=1S/C12H14N2O2/c1-13-8-9-5-6-11(16-9)12-10(15-2)4-3-7-14-12/h3-7,13H,8H2,1-2H3. The van der Waals surface area contributed by atoms with Crippen LogP contribution in [-0.4, -0.2) is 19.1 Å². The Hall–Kier alpha value is -1.81. The van der Waals surface area contributed by atoms with Crippen molar-refractivity contribution in [3.05, 3.63) is 36.2 Å². The largest absolute Gasteiger partial charge is 0.494 e. The summed E-state index contributed by atoms with van der Waals surface area (Å²) in [5.74, 6) is 2.32. The smallest absolute Gasteiger partial charge is 0.156 e. The van der Waals surface area contributed by atoms with E-state index in [1.807, 2.05) is 31.3 Å². The Morgan fingerprint density at radius 3 is 3.00 bits per heavy atom. The van der Waals surface area contributed by atoms with Gasteiger partial charge in [-0.25, -0.2) is 4.98 Å². The number of ether oxygens (including phenoxy) is 1. The van der Waals surface area contributed by atoms with Crippen LogP contribution in [0, 0.1) is 0 Å². The molecule has 0 unspecified atom stereocenters. The fourth-order valence-electron chi connectivity index (χ4n) is 1.51. The Labute approximate surface area is 94.3 Å². The molecule has 0 fully saturated rings. The van der Waals surface area contributed by atoms with Gasteiger partial charge in [0.1, 0.15) is 17.2 Å². The first-order valence-electron chi connectivity index (χ1n) is 5.08. The van der Waals surface area contributed by atoms with Crippen molar-refractivity contribution in [2.75, 3.05) is 14.2 Å². The summed E-state index contributed by atoms with van der Waals surface area (Å²) < 4.78 is 10.9. The zero-order chi connectivity index (χ0) is 11.4. The van der Waals surface area contributed by atoms with Crippen LogP contribution in [0.2, 0.25) is 0 Å². The molecule has 0 atom stereocenters. The van der Waals surface area contributed by atoms with Gasteiger partial charge in [0.05, 0.1) is 13.7 Å². The fraction of sp³-hybridized carbons (Fsp3) is 0.250. The van der Waals surface area contributed by atoms with Gasteiger partial charge in [-0.05, 0) is 31.3 Å². The fourth-order valence-corrected chi connectivity index (χ4v) is 1.51. The second kappa shape index (κ2) is 4.81. The van der Waals surface area contributed by atoms with Crippen molar-refractivity contribution in [3.8, 4) is 17.2 Å². The minimum atomic E-state index is 0.704. The summed E-state index contributed by atoms with van der Waals surface area (Å²) in [5.41, 5.74) is 0.729. The Morgan fingerprint density at radius 2 is 2.25 bits per heavy atom. The van der Waals surface area contributed by atoms with E-state index >= 15 is 0 Å². The van der Waals surface area contributed by atoms with Crippen molar-refractivity contribution < 1.29 is 9.15 Å². The molecule has 1 N–H and O–H groups in total. The van der Waals surface area contributed by atoms with E-state index in [9.17, 15) is 0 Å². The number of nitrogens with zero attached hydrogens (tertiary/aromatic N) is 1. The summed E-state index contributed by atoms with van der Waals surface area (Å²) in [7, 11) is 3.50. The molecule has 4 nitrogen and oxygen atoms in total. The van der Waals surface area contributed by atoms with Gasteiger partial charge < -0.3 is 14.5 Å². The third-order valence-electron chi connectivity index (χ3n) is 2.24. The molecular weight excluding hydrogens is 204 g/mol. The van der Waals surface area contributed by atoms with Crippen LogP contribution in [0.3, 0.4) is 0 Å². The molecule has 0 aliphatic rings.